The fourth-order valence-corrected chi connectivity index (χ4v) is 1.30. The number of hydrogen-bond donors (Lipinski definition) is 0. The highest BCUT2D eigenvalue weighted by atomic mass is 16.5. The Kier molecular flexibility index (Phi) is 5.23. The number of rotatable bonds is 5. The van der Waals surface area contributed by atoms with Crippen LogP contribution in [0.15, 0.2) is 6.20 Å². The summed E-state index contributed by atoms with van der Waals surface area (Å²) in [6.07, 6.45) is 1.27. The lowest BCUT2D eigenvalue weighted by molar-refractivity contribution is 0.0472. The first-order valence-corrected chi connectivity index (χ1v) is 5.89. The van der Waals surface area contributed by atoms with Gasteiger partial charge in [0.1, 0.15) is 5.56 Å². The molecule has 0 amide bonds. The largest absolute Gasteiger partial charge is 0.462 e. The van der Waals surface area contributed by atoms with Crippen LogP contribution in [-0.4, -0.2) is 49.2 Å². The van der Waals surface area contributed by atoms with Gasteiger partial charge >= 0.3 is 11.9 Å². The van der Waals surface area contributed by atoms with Crippen molar-refractivity contribution in [3.8, 4) is 0 Å². The molecule has 1 rings (SSSR count). The van der Waals surface area contributed by atoms with E-state index in [1.165, 1.54) is 6.20 Å². The highest BCUT2D eigenvalue weighted by Crippen LogP contribution is 2.13. The second-order valence-electron chi connectivity index (χ2n) is 3.77. The zero-order chi connectivity index (χ0) is 14.4. The van der Waals surface area contributed by atoms with Crippen LogP contribution in [0.5, 0.6) is 0 Å². The number of nitrogens with zero attached hydrogens (tertiary/aromatic N) is 3. The number of anilines is 1. The van der Waals surface area contributed by atoms with E-state index in [2.05, 4.69) is 9.97 Å². The third kappa shape index (κ3) is 3.64. The summed E-state index contributed by atoms with van der Waals surface area (Å²) in [5.41, 5.74) is -0.0788. The quantitative estimate of drug-likeness (QED) is 0.733. The Hall–Kier alpha value is -2.18. The van der Waals surface area contributed by atoms with Crippen LogP contribution in [-0.2, 0) is 9.47 Å². The summed E-state index contributed by atoms with van der Waals surface area (Å²) in [6.45, 7) is 3.76. The van der Waals surface area contributed by atoms with Crippen molar-refractivity contribution in [1.29, 1.82) is 0 Å². The molecule has 0 unspecified atom stereocenters. The number of carbonyl (C=O) groups is 2. The van der Waals surface area contributed by atoms with Gasteiger partial charge in [-0.05, 0) is 13.8 Å². The van der Waals surface area contributed by atoms with Crippen molar-refractivity contribution in [2.24, 2.45) is 0 Å². The van der Waals surface area contributed by atoms with E-state index in [4.69, 9.17) is 9.47 Å². The third-order valence-corrected chi connectivity index (χ3v) is 2.14. The average Bonchev–Trinajstić information content (AvgIpc) is 2.38. The van der Waals surface area contributed by atoms with E-state index in [0.29, 0.717) is 5.95 Å². The van der Waals surface area contributed by atoms with E-state index < -0.39 is 11.9 Å². The first kappa shape index (κ1) is 14.9. The van der Waals surface area contributed by atoms with Gasteiger partial charge in [0.15, 0.2) is 5.69 Å². The SMILES string of the molecule is CCOC(=O)c1cnc(N(C)C)nc1C(=O)OCC. The molecule has 1 heterocycles. The molecule has 0 bridgehead atoms. The van der Waals surface area contributed by atoms with Gasteiger partial charge in [0.05, 0.1) is 13.2 Å². The molecule has 0 aromatic carbocycles. The maximum absolute atomic E-state index is 11.8. The Morgan fingerprint density at radius 3 is 2.26 bits per heavy atom. The number of aromatic nitrogens is 2. The Balaban J connectivity index is 3.22. The summed E-state index contributed by atoms with van der Waals surface area (Å²) in [7, 11) is 3.46. The van der Waals surface area contributed by atoms with Crippen LogP contribution < -0.4 is 4.90 Å². The van der Waals surface area contributed by atoms with E-state index in [-0.39, 0.29) is 24.5 Å². The van der Waals surface area contributed by atoms with Gasteiger partial charge in [-0.2, -0.15) is 0 Å². The van der Waals surface area contributed by atoms with Crippen LogP contribution in [0.2, 0.25) is 0 Å². The van der Waals surface area contributed by atoms with Gasteiger partial charge in [-0.1, -0.05) is 0 Å². The second kappa shape index (κ2) is 6.67. The second-order valence-corrected chi connectivity index (χ2v) is 3.77. The summed E-state index contributed by atoms with van der Waals surface area (Å²) >= 11 is 0. The number of hydrogen-bond acceptors (Lipinski definition) is 7. The van der Waals surface area contributed by atoms with E-state index >= 15 is 0 Å². The van der Waals surface area contributed by atoms with Crippen LogP contribution in [0.3, 0.4) is 0 Å². The topological polar surface area (TPSA) is 81.6 Å². The number of ether oxygens (including phenoxy) is 2. The molecule has 1 aromatic rings. The highest BCUT2D eigenvalue weighted by molar-refractivity contribution is 6.01. The molecule has 0 aliphatic heterocycles. The Labute approximate surface area is 111 Å². The minimum absolute atomic E-state index is 0.00546. The van der Waals surface area contributed by atoms with Crippen LogP contribution in [0.25, 0.3) is 0 Å². The molecule has 19 heavy (non-hydrogen) atoms. The third-order valence-electron chi connectivity index (χ3n) is 2.14. The van der Waals surface area contributed by atoms with E-state index in [1.807, 2.05) is 0 Å². The molecular formula is C12H17N3O4. The first-order valence-electron chi connectivity index (χ1n) is 5.89. The van der Waals surface area contributed by atoms with Crippen LogP contribution in [0.4, 0.5) is 5.95 Å². The van der Waals surface area contributed by atoms with Crippen molar-refractivity contribution in [2.75, 3.05) is 32.2 Å². The fraction of sp³-hybridized carbons (Fsp3) is 0.500. The molecule has 0 aliphatic carbocycles. The lowest BCUT2D eigenvalue weighted by Gasteiger charge is -2.13. The zero-order valence-electron chi connectivity index (χ0n) is 11.5. The van der Waals surface area contributed by atoms with Gasteiger partial charge in [-0.25, -0.2) is 19.6 Å². The molecule has 0 saturated heterocycles. The Morgan fingerprint density at radius 2 is 1.74 bits per heavy atom. The molecule has 0 radical (unpaired) electrons. The summed E-state index contributed by atoms with van der Waals surface area (Å²) in [5, 5.41) is 0. The van der Waals surface area contributed by atoms with Crippen molar-refractivity contribution in [3.63, 3.8) is 0 Å². The number of carbonyl (C=O) groups excluding carboxylic acids is 2. The van der Waals surface area contributed by atoms with E-state index in [0.717, 1.165) is 0 Å². The minimum atomic E-state index is -0.670. The van der Waals surface area contributed by atoms with Crippen molar-refractivity contribution in [2.45, 2.75) is 13.8 Å². The van der Waals surface area contributed by atoms with Crippen molar-refractivity contribution < 1.29 is 19.1 Å². The van der Waals surface area contributed by atoms with E-state index in [1.54, 1.807) is 32.8 Å². The highest BCUT2D eigenvalue weighted by Gasteiger charge is 2.22. The number of esters is 2. The fourth-order valence-electron chi connectivity index (χ4n) is 1.30. The van der Waals surface area contributed by atoms with Gasteiger partial charge in [0.25, 0.3) is 0 Å². The predicted octanol–water partition coefficient (Wildman–Crippen LogP) is 0.896. The molecular weight excluding hydrogens is 250 g/mol. The van der Waals surface area contributed by atoms with Crippen molar-refractivity contribution in [3.05, 3.63) is 17.5 Å². The lowest BCUT2D eigenvalue weighted by Crippen LogP contribution is -2.20. The Morgan fingerprint density at radius 1 is 1.16 bits per heavy atom. The molecule has 0 spiro atoms. The van der Waals surface area contributed by atoms with Crippen molar-refractivity contribution >= 4 is 17.9 Å². The Bertz CT molecular complexity index is 474. The summed E-state index contributed by atoms with van der Waals surface area (Å²) < 4.78 is 9.73. The molecule has 0 N–H and O–H groups in total. The monoisotopic (exact) mass is 267 g/mol. The molecule has 0 saturated carbocycles. The van der Waals surface area contributed by atoms with Gasteiger partial charge < -0.3 is 14.4 Å². The molecule has 7 nitrogen and oxygen atoms in total. The molecule has 0 aliphatic rings. The van der Waals surface area contributed by atoms with Crippen LogP contribution in [0.1, 0.15) is 34.7 Å². The average molecular weight is 267 g/mol. The standard InChI is InChI=1S/C12H17N3O4/c1-5-18-10(16)8-7-13-12(15(3)4)14-9(8)11(17)19-6-2/h7H,5-6H2,1-4H3. The van der Waals surface area contributed by atoms with Crippen LogP contribution in [0, 0.1) is 0 Å². The smallest absolute Gasteiger partial charge is 0.358 e. The lowest BCUT2D eigenvalue weighted by atomic mass is 10.2. The molecule has 104 valence electrons. The summed E-state index contributed by atoms with van der Waals surface area (Å²) in [5.74, 6) is -0.997. The van der Waals surface area contributed by atoms with Crippen LogP contribution >= 0.6 is 0 Å². The molecule has 0 fully saturated rings. The minimum Gasteiger partial charge on any atom is -0.462 e. The van der Waals surface area contributed by atoms with Gasteiger partial charge in [0, 0.05) is 20.3 Å². The molecule has 1 aromatic heterocycles. The maximum atomic E-state index is 11.8. The summed E-state index contributed by atoms with van der Waals surface area (Å²) in [6, 6.07) is 0. The first-order chi connectivity index (χ1) is 9.01. The maximum Gasteiger partial charge on any atom is 0.358 e. The van der Waals surface area contributed by atoms with Crippen molar-refractivity contribution in [1.82, 2.24) is 9.97 Å². The summed E-state index contributed by atoms with van der Waals surface area (Å²) in [4.78, 5) is 33.2. The predicted molar refractivity (Wildman–Crippen MR) is 68.3 cm³/mol. The molecule has 7 heteroatoms. The van der Waals surface area contributed by atoms with Gasteiger partial charge in [-0.15, -0.1) is 0 Å². The van der Waals surface area contributed by atoms with Gasteiger partial charge in [0.2, 0.25) is 5.95 Å². The molecule has 0 atom stereocenters. The van der Waals surface area contributed by atoms with E-state index in [9.17, 15) is 9.59 Å². The zero-order valence-corrected chi connectivity index (χ0v) is 11.5. The normalized spacial score (nSPS) is 9.89. The van der Waals surface area contributed by atoms with Gasteiger partial charge in [-0.3, -0.25) is 0 Å².